The van der Waals surface area contributed by atoms with Crippen LogP contribution in [0.15, 0.2) is 29.0 Å². The van der Waals surface area contributed by atoms with E-state index in [0.717, 1.165) is 11.4 Å². The number of halogens is 2. The third-order valence-electron chi connectivity index (χ3n) is 2.59. The molecule has 1 heterocycles. The van der Waals surface area contributed by atoms with Gasteiger partial charge in [0.1, 0.15) is 18.0 Å². The van der Waals surface area contributed by atoms with Crippen LogP contribution in [-0.2, 0) is 7.05 Å². The van der Waals surface area contributed by atoms with E-state index in [0.29, 0.717) is 4.47 Å². The van der Waals surface area contributed by atoms with Crippen LogP contribution in [0.2, 0.25) is 0 Å². The van der Waals surface area contributed by atoms with E-state index >= 15 is 0 Å². The predicted octanol–water partition coefficient (Wildman–Crippen LogP) is 2.03. The van der Waals surface area contributed by atoms with Gasteiger partial charge in [-0.05, 0) is 34.6 Å². The standard InChI is InChI=1S/C11H12BrFN4/c1-14-10(11-15-6-16-17(11)2)7-4-3-5-8(13)9(7)12/h3-6,10,14H,1-2H3. The number of nitrogens with zero attached hydrogens (tertiary/aromatic N) is 3. The fraction of sp³-hybridized carbons (Fsp3) is 0.273. The van der Waals surface area contributed by atoms with Crippen LogP contribution in [0, 0.1) is 5.82 Å². The maximum absolute atomic E-state index is 13.5. The minimum absolute atomic E-state index is 0.201. The molecule has 0 aliphatic carbocycles. The highest BCUT2D eigenvalue weighted by molar-refractivity contribution is 9.10. The van der Waals surface area contributed by atoms with Crippen molar-refractivity contribution in [3.63, 3.8) is 0 Å². The lowest BCUT2D eigenvalue weighted by Crippen LogP contribution is -2.22. The van der Waals surface area contributed by atoms with Gasteiger partial charge in [-0.1, -0.05) is 12.1 Å². The first-order valence-electron chi connectivity index (χ1n) is 5.10. The third kappa shape index (κ3) is 2.23. The Morgan fingerprint density at radius 2 is 2.24 bits per heavy atom. The van der Waals surface area contributed by atoms with Crippen molar-refractivity contribution in [1.82, 2.24) is 20.1 Å². The van der Waals surface area contributed by atoms with Gasteiger partial charge in [-0.2, -0.15) is 5.10 Å². The van der Waals surface area contributed by atoms with Crippen LogP contribution in [0.1, 0.15) is 17.4 Å². The summed E-state index contributed by atoms with van der Waals surface area (Å²) in [6.45, 7) is 0. The lowest BCUT2D eigenvalue weighted by atomic mass is 10.1. The molecule has 1 atom stereocenters. The molecule has 0 bridgehead atoms. The molecule has 0 spiro atoms. The van der Waals surface area contributed by atoms with Gasteiger partial charge in [0.05, 0.1) is 10.5 Å². The van der Waals surface area contributed by atoms with Crippen LogP contribution >= 0.6 is 15.9 Å². The van der Waals surface area contributed by atoms with Crippen molar-refractivity contribution in [3.8, 4) is 0 Å². The Bertz CT molecular complexity index is 526. The second kappa shape index (κ2) is 4.93. The number of nitrogens with one attached hydrogen (secondary N) is 1. The summed E-state index contributed by atoms with van der Waals surface area (Å²) in [5.74, 6) is 0.448. The number of benzene rings is 1. The molecular formula is C11H12BrFN4. The summed E-state index contributed by atoms with van der Waals surface area (Å²) in [4.78, 5) is 4.18. The van der Waals surface area contributed by atoms with Gasteiger partial charge in [-0.15, -0.1) is 0 Å². The van der Waals surface area contributed by atoms with Gasteiger partial charge >= 0.3 is 0 Å². The van der Waals surface area contributed by atoms with Crippen molar-refractivity contribution in [2.45, 2.75) is 6.04 Å². The van der Waals surface area contributed by atoms with E-state index in [-0.39, 0.29) is 11.9 Å². The smallest absolute Gasteiger partial charge is 0.148 e. The Morgan fingerprint density at radius 1 is 1.47 bits per heavy atom. The van der Waals surface area contributed by atoms with E-state index < -0.39 is 0 Å². The zero-order valence-electron chi connectivity index (χ0n) is 9.48. The summed E-state index contributed by atoms with van der Waals surface area (Å²) in [5.41, 5.74) is 0.795. The Labute approximate surface area is 107 Å². The minimum Gasteiger partial charge on any atom is -0.307 e. The molecule has 90 valence electrons. The van der Waals surface area contributed by atoms with E-state index in [2.05, 4.69) is 31.3 Å². The number of rotatable bonds is 3. The van der Waals surface area contributed by atoms with Crippen molar-refractivity contribution in [3.05, 3.63) is 46.2 Å². The van der Waals surface area contributed by atoms with Gasteiger partial charge in [-0.3, -0.25) is 4.68 Å². The molecule has 0 saturated carbocycles. The van der Waals surface area contributed by atoms with Crippen LogP contribution in [0.4, 0.5) is 4.39 Å². The molecule has 0 aliphatic rings. The van der Waals surface area contributed by atoms with Gasteiger partial charge in [0.15, 0.2) is 0 Å². The van der Waals surface area contributed by atoms with Crippen LogP contribution in [-0.4, -0.2) is 21.8 Å². The second-order valence-corrected chi connectivity index (χ2v) is 4.40. The number of hydrogen-bond acceptors (Lipinski definition) is 3. The number of aromatic nitrogens is 3. The molecule has 1 N–H and O–H groups in total. The average Bonchev–Trinajstić information content (AvgIpc) is 2.72. The van der Waals surface area contributed by atoms with E-state index in [4.69, 9.17) is 0 Å². The lowest BCUT2D eigenvalue weighted by molar-refractivity contribution is 0.575. The third-order valence-corrected chi connectivity index (χ3v) is 3.42. The monoisotopic (exact) mass is 298 g/mol. The zero-order chi connectivity index (χ0) is 12.4. The molecule has 1 aromatic carbocycles. The van der Waals surface area contributed by atoms with Gasteiger partial charge < -0.3 is 5.32 Å². The van der Waals surface area contributed by atoms with Gasteiger partial charge in [0.25, 0.3) is 0 Å². The molecule has 1 unspecified atom stereocenters. The number of hydrogen-bond donors (Lipinski definition) is 1. The molecule has 6 heteroatoms. The number of aryl methyl sites for hydroxylation is 1. The van der Waals surface area contributed by atoms with Gasteiger partial charge in [0, 0.05) is 7.05 Å². The quantitative estimate of drug-likeness (QED) is 0.943. The fourth-order valence-corrected chi connectivity index (χ4v) is 2.23. The second-order valence-electron chi connectivity index (χ2n) is 3.61. The molecule has 4 nitrogen and oxygen atoms in total. The summed E-state index contributed by atoms with van der Waals surface area (Å²) in [6, 6.07) is 4.74. The van der Waals surface area contributed by atoms with Crippen molar-refractivity contribution in [2.24, 2.45) is 7.05 Å². The minimum atomic E-state index is -0.287. The predicted molar refractivity (Wildman–Crippen MR) is 66.0 cm³/mol. The molecular weight excluding hydrogens is 287 g/mol. The van der Waals surface area contributed by atoms with Crippen molar-refractivity contribution in [1.29, 1.82) is 0 Å². The highest BCUT2D eigenvalue weighted by Crippen LogP contribution is 2.28. The summed E-state index contributed by atoms with van der Waals surface area (Å²) >= 11 is 3.26. The van der Waals surface area contributed by atoms with Crippen LogP contribution in [0.5, 0.6) is 0 Å². The van der Waals surface area contributed by atoms with Crippen molar-refractivity contribution < 1.29 is 4.39 Å². The molecule has 0 aliphatic heterocycles. The van der Waals surface area contributed by atoms with E-state index in [1.807, 2.05) is 6.07 Å². The first kappa shape index (κ1) is 12.2. The average molecular weight is 299 g/mol. The fourth-order valence-electron chi connectivity index (χ4n) is 1.73. The van der Waals surface area contributed by atoms with E-state index in [1.54, 1.807) is 24.8 Å². The van der Waals surface area contributed by atoms with Crippen LogP contribution < -0.4 is 5.32 Å². The SMILES string of the molecule is CNC(c1cccc(F)c1Br)c1ncnn1C. The maximum atomic E-state index is 13.5. The molecule has 0 fully saturated rings. The molecule has 17 heavy (non-hydrogen) atoms. The topological polar surface area (TPSA) is 42.7 Å². The van der Waals surface area contributed by atoms with Gasteiger partial charge in [0.2, 0.25) is 0 Å². The van der Waals surface area contributed by atoms with Gasteiger partial charge in [-0.25, -0.2) is 9.37 Å². The molecule has 1 aromatic heterocycles. The highest BCUT2D eigenvalue weighted by atomic mass is 79.9. The van der Waals surface area contributed by atoms with Crippen molar-refractivity contribution >= 4 is 15.9 Å². The maximum Gasteiger partial charge on any atom is 0.148 e. The van der Waals surface area contributed by atoms with Crippen LogP contribution in [0.3, 0.4) is 0 Å². The van der Waals surface area contributed by atoms with Crippen molar-refractivity contribution in [2.75, 3.05) is 7.05 Å². The Morgan fingerprint density at radius 3 is 2.82 bits per heavy atom. The summed E-state index contributed by atoms with van der Waals surface area (Å²) in [7, 11) is 3.61. The summed E-state index contributed by atoms with van der Waals surface area (Å²) < 4.78 is 15.6. The Kier molecular flexibility index (Phi) is 3.54. The summed E-state index contributed by atoms with van der Waals surface area (Å²) in [5, 5.41) is 7.13. The normalized spacial score (nSPS) is 12.7. The van der Waals surface area contributed by atoms with E-state index in [1.165, 1.54) is 12.4 Å². The molecule has 2 aromatic rings. The van der Waals surface area contributed by atoms with Crippen LogP contribution in [0.25, 0.3) is 0 Å². The molecule has 2 rings (SSSR count). The Hall–Kier alpha value is -1.27. The Balaban J connectivity index is 2.50. The highest BCUT2D eigenvalue weighted by Gasteiger charge is 2.20. The molecule has 0 saturated heterocycles. The molecule has 0 radical (unpaired) electrons. The van der Waals surface area contributed by atoms with E-state index in [9.17, 15) is 4.39 Å². The largest absolute Gasteiger partial charge is 0.307 e. The zero-order valence-corrected chi connectivity index (χ0v) is 11.1. The lowest BCUT2D eigenvalue weighted by Gasteiger charge is -2.17. The first-order chi connectivity index (χ1) is 8.15. The molecule has 0 amide bonds. The summed E-state index contributed by atoms with van der Waals surface area (Å²) in [6.07, 6.45) is 1.48. The first-order valence-corrected chi connectivity index (χ1v) is 5.89.